The van der Waals surface area contributed by atoms with Gasteiger partial charge in [-0.2, -0.15) is 0 Å². The van der Waals surface area contributed by atoms with Crippen LogP contribution in [0.1, 0.15) is 27.8 Å². The first-order valence-corrected chi connectivity index (χ1v) is 17.1. The fourth-order valence-electron chi connectivity index (χ4n) is 6.10. The van der Waals surface area contributed by atoms with Crippen LogP contribution in [0.25, 0.3) is 17.0 Å². The van der Waals surface area contributed by atoms with Gasteiger partial charge in [0.25, 0.3) is 0 Å². The second-order valence-electron chi connectivity index (χ2n) is 12.7. The normalized spacial score (nSPS) is 11.8. The Morgan fingerprint density at radius 3 is 2.06 bits per heavy atom. The third kappa shape index (κ3) is 10.0. The maximum absolute atomic E-state index is 13.5. The van der Waals surface area contributed by atoms with E-state index in [9.17, 15) is 14.4 Å². The number of ether oxygens (including phenoxy) is 4. The van der Waals surface area contributed by atoms with E-state index in [1.165, 1.54) is 27.4 Å². The predicted octanol–water partition coefficient (Wildman–Crippen LogP) is 7.09. The molecule has 4 aromatic carbocycles. The van der Waals surface area contributed by atoms with Gasteiger partial charge in [0, 0.05) is 61.9 Å². The number of aryl methyl sites for hydroxylation is 1. The number of amides is 2. The van der Waals surface area contributed by atoms with Crippen LogP contribution in [0.2, 0.25) is 0 Å². The van der Waals surface area contributed by atoms with Crippen LogP contribution in [0.4, 0.5) is 10.5 Å². The molecule has 1 atom stereocenters. The van der Waals surface area contributed by atoms with Crippen molar-refractivity contribution in [2.24, 2.45) is 0 Å². The minimum absolute atomic E-state index is 0.121. The van der Waals surface area contributed by atoms with Crippen molar-refractivity contribution >= 4 is 34.7 Å². The van der Waals surface area contributed by atoms with Crippen molar-refractivity contribution < 1.29 is 33.0 Å². The number of fused-ring (bicyclic) bond motifs is 1. The van der Waals surface area contributed by atoms with Crippen molar-refractivity contribution in [3.8, 4) is 17.2 Å². The van der Waals surface area contributed by atoms with Gasteiger partial charge in [0.05, 0.1) is 21.3 Å². The molecule has 0 saturated heterocycles. The smallest absolute Gasteiger partial charge is 0.339 e. The number of carbonyl (C=O) groups is 2. The van der Waals surface area contributed by atoms with Crippen LogP contribution in [0.3, 0.4) is 0 Å². The molecule has 0 saturated carbocycles. The standard InChI is InChI=1S/C42H45N3O8/c1-28-34-19-18-32(43-42(48)45(3)26-30-15-11-8-12-16-30)23-36(34)53-41(47)35(28)24-33(27-44(2)25-29-13-9-7-10-14-29)52-39(46)20-17-31-21-37(49-4)40(51-6)38(22-31)50-5/h7-23,33H,24-27H2,1-6H3,(H,43,48)/b20-17+. The number of anilines is 1. The molecule has 1 heterocycles. The third-order valence-corrected chi connectivity index (χ3v) is 8.77. The van der Waals surface area contributed by atoms with Gasteiger partial charge in [-0.15, -0.1) is 0 Å². The molecule has 53 heavy (non-hydrogen) atoms. The van der Waals surface area contributed by atoms with E-state index < -0.39 is 17.7 Å². The van der Waals surface area contributed by atoms with Gasteiger partial charge in [0.2, 0.25) is 5.75 Å². The highest BCUT2D eigenvalue weighted by atomic mass is 16.5. The van der Waals surface area contributed by atoms with Gasteiger partial charge < -0.3 is 33.6 Å². The van der Waals surface area contributed by atoms with Crippen LogP contribution in [0.5, 0.6) is 17.2 Å². The number of methoxy groups -OCH3 is 3. The minimum atomic E-state index is -0.696. The van der Waals surface area contributed by atoms with E-state index in [0.29, 0.717) is 70.2 Å². The lowest BCUT2D eigenvalue weighted by atomic mass is 10.0. The third-order valence-electron chi connectivity index (χ3n) is 8.77. The highest BCUT2D eigenvalue weighted by molar-refractivity contribution is 5.93. The van der Waals surface area contributed by atoms with Gasteiger partial charge in [0.1, 0.15) is 11.7 Å². The van der Waals surface area contributed by atoms with Gasteiger partial charge in [0.15, 0.2) is 11.5 Å². The molecule has 0 radical (unpaired) electrons. The van der Waals surface area contributed by atoms with Gasteiger partial charge >= 0.3 is 17.6 Å². The second-order valence-corrected chi connectivity index (χ2v) is 12.7. The Morgan fingerprint density at radius 1 is 0.830 bits per heavy atom. The molecular formula is C42H45N3O8. The maximum Gasteiger partial charge on any atom is 0.339 e. The molecule has 1 unspecified atom stereocenters. The van der Waals surface area contributed by atoms with E-state index in [2.05, 4.69) is 5.32 Å². The summed E-state index contributed by atoms with van der Waals surface area (Å²) in [6.45, 7) is 3.23. The van der Waals surface area contributed by atoms with Gasteiger partial charge in [-0.3, -0.25) is 4.90 Å². The van der Waals surface area contributed by atoms with Crippen LogP contribution in [0, 0.1) is 6.92 Å². The van der Waals surface area contributed by atoms with Crippen LogP contribution in [-0.2, 0) is 29.0 Å². The highest BCUT2D eigenvalue weighted by Crippen LogP contribution is 2.38. The van der Waals surface area contributed by atoms with Gasteiger partial charge in [-0.1, -0.05) is 60.7 Å². The number of rotatable bonds is 15. The Hall–Kier alpha value is -6.07. The number of carbonyl (C=O) groups excluding carboxylic acids is 2. The van der Waals surface area contributed by atoms with E-state index in [1.54, 1.807) is 42.3 Å². The Bertz CT molecular complexity index is 2090. The number of hydrogen-bond acceptors (Lipinski definition) is 9. The summed E-state index contributed by atoms with van der Waals surface area (Å²) in [6.07, 6.45) is 2.35. The number of esters is 1. The highest BCUT2D eigenvalue weighted by Gasteiger charge is 2.22. The molecule has 11 heteroatoms. The lowest BCUT2D eigenvalue weighted by Crippen LogP contribution is -2.35. The summed E-state index contributed by atoms with van der Waals surface area (Å²) < 4.78 is 28.1. The number of urea groups is 1. The molecule has 0 aliphatic rings. The zero-order valence-electron chi connectivity index (χ0n) is 30.9. The molecule has 1 aromatic heterocycles. The molecule has 0 aliphatic heterocycles. The zero-order valence-corrected chi connectivity index (χ0v) is 30.9. The first kappa shape index (κ1) is 38.2. The largest absolute Gasteiger partial charge is 0.493 e. The predicted molar refractivity (Wildman–Crippen MR) is 206 cm³/mol. The summed E-state index contributed by atoms with van der Waals surface area (Å²) in [6, 6.07) is 28.0. The molecule has 5 rings (SSSR count). The summed E-state index contributed by atoms with van der Waals surface area (Å²) in [4.78, 5) is 43.3. The van der Waals surface area contributed by atoms with Crippen molar-refractivity contribution in [2.45, 2.75) is 32.5 Å². The monoisotopic (exact) mass is 719 g/mol. The molecule has 11 nitrogen and oxygen atoms in total. The fourth-order valence-corrected chi connectivity index (χ4v) is 6.10. The zero-order chi connectivity index (χ0) is 37.9. The Morgan fingerprint density at radius 2 is 1.45 bits per heavy atom. The molecular weight excluding hydrogens is 674 g/mol. The SMILES string of the molecule is COc1cc(/C=C/C(=O)OC(Cc2c(C)c3ccc(NC(=O)N(C)Cc4ccccc4)cc3oc2=O)CN(C)Cc2ccccc2)cc(OC)c1OC. The number of nitrogens with zero attached hydrogens (tertiary/aromatic N) is 2. The summed E-state index contributed by atoms with van der Waals surface area (Å²) in [5.41, 5.74) is 4.12. The van der Waals surface area contributed by atoms with Crippen LogP contribution < -0.4 is 25.2 Å². The van der Waals surface area contributed by atoms with Crippen molar-refractivity contribution in [1.29, 1.82) is 0 Å². The van der Waals surface area contributed by atoms with Crippen LogP contribution in [0.15, 0.2) is 106 Å². The van der Waals surface area contributed by atoms with Gasteiger partial charge in [-0.25, -0.2) is 14.4 Å². The van der Waals surface area contributed by atoms with Crippen molar-refractivity contribution in [1.82, 2.24) is 9.80 Å². The van der Waals surface area contributed by atoms with Crippen molar-refractivity contribution in [3.05, 3.63) is 135 Å². The van der Waals surface area contributed by atoms with E-state index in [4.69, 9.17) is 23.4 Å². The second kappa shape index (κ2) is 17.9. The van der Waals surface area contributed by atoms with E-state index in [0.717, 1.165) is 11.1 Å². The first-order chi connectivity index (χ1) is 25.6. The topological polar surface area (TPSA) is 120 Å². The van der Waals surface area contributed by atoms with E-state index >= 15 is 0 Å². The molecule has 5 aromatic rings. The molecule has 276 valence electrons. The molecule has 1 N–H and O–H groups in total. The summed E-state index contributed by atoms with van der Waals surface area (Å²) in [5, 5.41) is 3.59. The van der Waals surface area contributed by atoms with Crippen LogP contribution >= 0.6 is 0 Å². The summed E-state index contributed by atoms with van der Waals surface area (Å²) in [7, 11) is 8.20. The van der Waals surface area contributed by atoms with Crippen LogP contribution in [-0.4, -0.2) is 69.9 Å². The quantitative estimate of drug-likeness (QED) is 0.0687. The number of benzene rings is 4. The lowest BCUT2D eigenvalue weighted by molar-refractivity contribution is -0.143. The molecule has 0 bridgehead atoms. The Balaban J connectivity index is 1.36. The maximum atomic E-state index is 13.5. The molecule has 0 spiro atoms. The van der Waals surface area contributed by atoms with Crippen molar-refractivity contribution in [3.63, 3.8) is 0 Å². The minimum Gasteiger partial charge on any atom is -0.493 e. The van der Waals surface area contributed by atoms with Gasteiger partial charge in [-0.05, 0) is 66.6 Å². The summed E-state index contributed by atoms with van der Waals surface area (Å²) >= 11 is 0. The summed E-state index contributed by atoms with van der Waals surface area (Å²) in [5.74, 6) is 0.748. The van der Waals surface area contributed by atoms with E-state index in [-0.39, 0.29) is 12.5 Å². The average Bonchev–Trinajstić information content (AvgIpc) is 3.15. The Labute approximate surface area is 309 Å². The molecule has 0 fully saturated rings. The number of likely N-dealkylation sites (N-methyl/N-ethyl adjacent to an activating group) is 1. The number of nitrogens with one attached hydrogen (secondary N) is 1. The average molecular weight is 720 g/mol. The lowest BCUT2D eigenvalue weighted by Gasteiger charge is -2.24. The Kier molecular flexibility index (Phi) is 12.9. The number of hydrogen-bond donors (Lipinski definition) is 1. The molecule has 0 aliphatic carbocycles. The van der Waals surface area contributed by atoms with Crippen molar-refractivity contribution in [2.75, 3.05) is 47.3 Å². The molecule has 2 amide bonds. The van der Waals surface area contributed by atoms with E-state index in [1.807, 2.05) is 85.6 Å². The first-order valence-electron chi connectivity index (χ1n) is 17.1. The fraction of sp³-hybridized carbons (Fsp3) is 0.262.